The maximum Gasteiger partial charge on any atom is 0.339 e. The summed E-state index contributed by atoms with van der Waals surface area (Å²) in [5, 5.41) is 1.89. The Kier molecular flexibility index (Phi) is 4.34. The Hall–Kier alpha value is -2.14. The number of para-hydroxylation sites is 1. The Bertz CT molecular complexity index is 826. The summed E-state index contributed by atoms with van der Waals surface area (Å²) >= 11 is 1.64. The number of anilines is 1. The van der Waals surface area contributed by atoms with E-state index in [0.717, 1.165) is 36.9 Å². The Morgan fingerprint density at radius 1 is 1.28 bits per heavy atom. The third-order valence-electron chi connectivity index (χ3n) is 5.14. The van der Waals surface area contributed by atoms with Gasteiger partial charge in [-0.25, -0.2) is 4.79 Å². The van der Waals surface area contributed by atoms with E-state index in [0.29, 0.717) is 18.0 Å². The first-order valence-electron chi connectivity index (χ1n) is 8.78. The van der Waals surface area contributed by atoms with E-state index >= 15 is 0 Å². The van der Waals surface area contributed by atoms with E-state index in [-0.39, 0.29) is 18.5 Å². The van der Waals surface area contributed by atoms with Crippen molar-refractivity contribution in [2.75, 3.05) is 18.1 Å². The van der Waals surface area contributed by atoms with Gasteiger partial charge in [-0.15, -0.1) is 11.3 Å². The number of ether oxygens (including phenoxy) is 1. The summed E-state index contributed by atoms with van der Waals surface area (Å²) in [7, 11) is 0. The molecular weight excluding hydrogens is 334 g/mol. The highest BCUT2D eigenvalue weighted by Crippen LogP contribution is 2.33. The summed E-state index contributed by atoms with van der Waals surface area (Å²) in [6.07, 6.45) is 3.92. The zero-order chi connectivity index (χ0) is 17.4. The smallest absolute Gasteiger partial charge is 0.339 e. The minimum atomic E-state index is -0.368. The Balaban J connectivity index is 1.41. The van der Waals surface area contributed by atoms with Gasteiger partial charge in [-0.05, 0) is 48.8 Å². The minimum absolute atomic E-state index is 0.156. The van der Waals surface area contributed by atoms with Gasteiger partial charge in [0.2, 0.25) is 0 Å². The van der Waals surface area contributed by atoms with E-state index in [1.165, 1.54) is 10.4 Å². The average Bonchev–Trinajstić information content (AvgIpc) is 3.23. The van der Waals surface area contributed by atoms with Crippen molar-refractivity contribution < 1.29 is 14.3 Å². The van der Waals surface area contributed by atoms with Crippen LogP contribution in [-0.2, 0) is 28.8 Å². The van der Waals surface area contributed by atoms with Gasteiger partial charge in [0.25, 0.3) is 5.91 Å². The molecule has 1 aliphatic carbocycles. The monoisotopic (exact) mass is 355 g/mol. The maximum atomic E-state index is 12.5. The molecule has 4 nitrogen and oxygen atoms in total. The fourth-order valence-corrected chi connectivity index (χ4v) is 4.96. The molecule has 0 saturated heterocycles. The van der Waals surface area contributed by atoms with Crippen molar-refractivity contribution in [3.63, 3.8) is 0 Å². The molecule has 130 valence electrons. The molecule has 0 radical (unpaired) electrons. The molecule has 1 unspecified atom stereocenters. The first-order valence-corrected chi connectivity index (χ1v) is 9.66. The first-order chi connectivity index (χ1) is 12.1. The number of amides is 1. The van der Waals surface area contributed by atoms with E-state index in [4.69, 9.17) is 4.74 Å². The van der Waals surface area contributed by atoms with Crippen LogP contribution in [-0.4, -0.2) is 25.0 Å². The third kappa shape index (κ3) is 3.09. The summed E-state index contributed by atoms with van der Waals surface area (Å²) < 4.78 is 5.35. The van der Waals surface area contributed by atoms with Crippen LogP contribution in [0.1, 0.15) is 39.7 Å². The van der Waals surface area contributed by atoms with Crippen molar-refractivity contribution >= 4 is 28.9 Å². The van der Waals surface area contributed by atoms with Crippen LogP contribution >= 0.6 is 11.3 Å². The SMILES string of the molecule is CC1CCc2c(C(=O)OCC(=O)N3CCc4ccccc43)csc2C1. The summed E-state index contributed by atoms with van der Waals surface area (Å²) in [4.78, 5) is 27.9. The number of fused-ring (bicyclic) bond motifs is 2. The molecule has 0 fully saturated rings. The summed E-state index contributed by atoms with van der Waals surface area (Å²) in [6.45, 7) is 2.70. The highest BCUT2D eigenvalue weighted by molar-refractivity contribution is 7.10. The van der Waals surface area contributed by atoms with Gasteiger partial charge in [0.05, 0.1) is 5.56 Å². The predicted octanol–water partition coefficient (Wildman–Crippen LogP) is 3.62. The van der Waals surface area contributed by atoms with Gasteiger partial charge < -0.3 is 9.64 Å². The molecule has 0 spiro atoms. The standard InChI is InChI=1S/C20H21NO3S/c1-13-6-7-15-16(12-25-18(15)10-13)20(23)24-11-19(22)21-9-8-14-4-2-3-5-17(14)21/h2-5,12-13H,6-11H2,1H3. The molecule has 1 atom stereocenters. The molecule has 25 heavy (non-hydrogen) atoms. The van der Waals surface area contributed by atoms with Gasteiger partial charge >= 0.3 is 5.97 Å². The second kappa shape index (κ2) is 6.64. The molecule has 0 N–H and O–H groups in total. The average molecular weight is 355 g/mol. The minimum Gasteiger partial charge on any atom is -0.452 e. The second-order valence-electron chi connectivity index (χ2n) is 6.90. The van der Waals surface area contributed by atoms with Crippen LogP contribution in [0.5, 0.6) is 0 Å². The van der Waals surface area contributed by atoms with Gasteiger partial charge in [0.15, 0.2) is 6.61 Å². The highest BCUT2D eigenvalue weighted by atomic mass is 32.1. The van der Waals surface area contributed by atoms with Gasteiger partial charge in [-0.1, -0.05) is 25.1 Å². The Morgan fingerprint density at radius 2 is 2.12 bits per heavy atom. The lowest BCUT2D eigenvalue weighted by molar-refractivity contribution is -0.121. The highest BCUT2D eigenvalue weighted by Gasteiger charge is 2.27. The van der Waals surface area contributed by atoms with Crippen LogP contribution in [0.3, 0.4) is 0 Å². The molecule has 1 aliphatic heterocycles. The molecule has 1 aromatic carbocycles. The molecule has 1 amide bonds. The Morgan fingerprint density at radius 3 is 3.00 bits per heavy atom. The van der Waals surface area contributed by atoms with Crippen molar-refractivity contribution in [2.24, 2.45) is 5.92 Å². The number of thiophene rings is 1. The van der Waals surface area contributed by atoms with E-state index < -0.39 is 0 Å². The molecule has 5 heteroatoms. The van der Waals surface area contributed by atoms with Gasteiger partial charge in [0.1, 0.15) is 0 Å². The molecule has 0 saturated carbocycles. The fourth-order valence-electron chi connectivity index (χ4n) is 3.73. The van der Waals surface area contributed by atoms with Crippen LogP contribution < -0.4 is 4.90 Å². The van der Waals surface area contributed by atoms with Crippen LogP contribution in [0, 0.1) is 5.92 Å². The number of hydrogen-bond acceptors (Lipinski definition) is 4. The van der Waals surface area contributed by atoms with Gasteiger partial charge in [-0.2, -0.15) is 0 Å². The molecule has 2 heterocycles. The quantitative estimate of drug-likeness (QED) is 0.790. The van der Waals surface area contributed by atoms with Crippen molar-refractivity contribution in [1.29, 1.82) is 0 Å². The number of benzene rings is 1. The van der Waals surface area contributed by atoms with Crippen LogP contribution in [0.2, 0.25) is 0 Å². The van der Waals surface area contributed by atoms with Crippen molar-refractivity contribution in [1.82, 2.24) is 0 Å². The lowest BCUT2D eigenvalue weighted by Gasteiger charge is -2.19. The molecule has 2 aliphatic rings. The third-order valence-corrected chi connectivity index (χ3v) is 6.19. The fraction of sp³-hybridized carbons (Fsp3) is 0.400. The second-order valence-corrected chi connectivity index (χ2v) is 7.86. The molecular formula is C20H21NO3S. The molecule has 2 aromatic rings. The number of carbonyl (C=O) groups is 2. The van der Waals surface area contributed by atoms with Crippen LogP contribution in [0.25, 0.3) is 0 Å². The largest absolute Gasteiger partial charge is 0.452 e. The first kappa shape index (κ1) is 16.3. The van der Waals surface area contributed by atoms with E-state index in [2.05, 4.69) is 6.92 Å². The maximum absolute atomic E-state index is 12.5. The van der Waals surface area contributed by atoms with Gasteiger partial charge in [-0.3, -0.25) is 4.79 Å². The summed E-state index contributed by atoms with van der Waals surface area (Å²) in [5.74, 6) is 0.149. The van der Waals surface area contributed by atoms with E-state index in [1.807, 2.05) is 29.6 Å². The number of nitrogens with zero attached hydrogens (tertiary/aromatic N) is 1. The van der Waals surface area contributed by atoms with E-state index in [1.54, 1.807) is 16.2 Å². The number of carbonyl (C=O) groups excluding carboxylic acids is 2. The lowest BCUT2D eigenvalue weighted by atomic mass is 9.88. The molecule has 0 bridgehead atoms. The van der Waals surface area contributed by atoms with Crippen LogP contribution in [0.4, 0.5) is 5.69 Å². The molecule has 1 aromatic heterocycles. The topological polar surface area (TPSA) is 46.6 Å². The van der Waals surface area contributed by atoms with E-state index in [9.17, 15) is 9.59 Å². The molecule has 4 rings (SSSR count). The summed E-state index contributed by atoms with van der Waals surface area (Å²) in [5.41, 5.74) is 3.89. The van der Waals surface area contributed by atoms with Crippen LogP contribution in [0.15, 0.2) is 29.6 Å². The summed E-state index contributed by atoms with van der Waals surface area (Å²) in [6, 6.07) is 7.88. The number of esters is 1. The zero-order valence-electron chi connectivity index (χ0n) is 14.3. The van der Waals surface area contributed by atoms with Crippen molar-refractivity contribution in [2.45, 2.75) is 32.6 Å². The number of hydrogen-bond donors (Lipinski definition) is 0. The lowest BCUT2D eigenvalue weighted by Crippen LogP contribution is -2.33. The van der Waals surface area contributed by atoms with Gasteiger partial charge in [0, 0.05) is 22.5 Å². The zero-order valence-corrected chi connectivity index (χ0v) is 15.1. The van der Waals surface area contributed by atoms with Crippen molar-refractivity contribution in [3.8, 4) is 0 Å². The van der Waals surface area contributed by atoms with Crippen molar-refractivity contribution in [3.05, 3.63) is 51.2 Å². The normalized spacial score (nSPS) is 18.6. The number of rotatable bonds is 3. The predicted molar refractivity (Wildman–Crippen MR) is 98.3 cm³/mol. The Labute approximate surface area is 151 Å².